The lowest BCUT2D eigenvalue weighted by Gasteiger charge is -2.16. The van der Waals surface area contributed by atoms with Gasteiger partial charge in [-0.25, -0.2) is 4.79 Å². The van der Waals surface area contributed by atoms with E-state index in [0.29, 0.717) is 11.8 Å². The molecule has 0 bridgehead atoms. The van der Waals surface area contributed by atoms with Gasteiger partial charge in [0.1, 0.15) is 0 Å². The van der Waals surface area contributed by atoms with Gasteiger partial charge in [0, 0.05) is 11.4 Å². The van der Waals surface area contributed by atoms with Crippen molar-refractivity contribution in [3.63, 3.8) is 0 Å². The van der Waals surface area contributed by atoms with Gasteiger partial charge in [0.05, 0.1) is 15.5 Å². The van der Waals surface area contributed by atoms with Crippen molar-refractivity contribution in [3.8, 4) is 0 Å². The minimum atomic E-state index is -0.746. The van der Waals surface area contributed by atoms with Crippen LogP contribution in [0.25, 0.3) is 0 Å². The minimum absolute atomic E-state index is 0.468. The molecule has 2 aliphatic rings. The molecule has 29 heavy (non-hydrogen) atoms. The van der Waals surface area contributed by atoms with E-state index in [1.54, 1.807) is 25.2 Å². The normalized spacial score (nSPS) is 19.9. The van der Waals surface area contributed by atoms with Crippen LogP contribution in [0.2, 0.25) is 0 Å². The highest BCUT2D eigenvalue weighted by molar-refractivity contribution is 7.99. The molecule has 2 aromatic heterocycles. The Morgan fingerprint density at radius 3 is 2.17 bits per heavy atom. The van der Waals surface area contributed by atoms with Crippen LogP contribution in [-0.4, -0.2) is 16.1 Å². The summed E-state index contributed by atoms with van der Waals surface area (Å²) >= 11 is 2.77. The first-order chi connectivity index (χ1) is 13.6. The van der Waals surface area contributed by atoms with Gasteiger partial charge >= 0.3 is 6.03 Å². The first-order valence-corrected chi connectivity index (χ1v) is 11.7. The highest BCUT2D eigenvalue weighted by Crippen LogP contribution is 2.44. The molecule has 2 aliphatic carbocycles. The quantitative estimate of drug-likeness (QED) is 0.527. The molecule has 0 aliphatic heterocycles. The van der Waals surface area contributed by atoms with Crippen molar-refractivity contribution in [2.75, 3.05) is 5.32 Å². The molecule has 6 nitrogen and oxygen atoms in total. The van der Waals surface area contributed by atoms with Crippen LogP contribution in [-0.2, 0) is 18.4 Å². The van der Waals surface area contributed by atoms with E-state index in [2.05, 4.69) is 19.2 Å². The number of fused-ring (bicyclic) bond motifs is 2. The number of urea groups is 1. The number of nitrogens with zero attached hydrogens (tertiary/aromatic N) is 1. The molecule has 2 unspecified atom stereocenters. The number of hydrogen-bond acceptors (Lipinski definition) is 6. The molecule has 8 heteroatoms. The van der Waals surface area contributed by atoms with Gasteiger partial charge in [0.25, 0.3) is 0 Å². The number of amides is 2. The lowest BCUT2D eigenvalue weighted by atomic mass is 10.0. The molecule has 6 N–H and O–H groups in total. The molecule has 2 aromatic rings. The fourth-order valence-corrected chi connectivity index (χ4v) is 5.35. The molecule has 2 heterocycles. The second-order valence-corrected chi connectivity index (χ2v) is 10.3. The van der Waals surface area contributed by atoms with Gasteiger partial charge < -0.3 is 16.2 Å². The van der Waals surface area contributed by atoms with E-state index in [4.69, 9.17) is 15.9 Å². The molecule has 0 saturated carbocycles. The van der Waals surface area contributed by atoms with Crippen LogP contribution >= 0.6 is 23.3 Å². The third-order valence-corrected chi connectivity index (χ3v) is 7.35. The average Bonchev–Trinajstić information content (AvgIpc) is 3.35. The van der Waals surface area contributed by atoms with Crippen molar-refractivity contribution in [3.05, 3.63) is 39.5 Å². The van der Waals surface area contributed by atoms with E-state index in [0.717, 1.165) is 41.1 Å². The summed E-state index contributed by atoms with van der Waals surface area (Å²) in [5.74, 6) is 0.984. The lowest BCUT2D eigenvalue weighted by Crippen LogP contribution is -2.22. The zero-order valence-corrected chi connectivity index (χ0v) is 19.0. The molecule has 2 amide bonds. The minimum Gasteiger partial charge on any atom is -0.386 e. The average molecular weight is 435 g/mol. The number of nitrogens with one attached hydrogen (secondary N) is 1. The van der Waals surface area contributed by atoms with Crippen molar-refractivity contribution < 1.29 is 9.90 Å². The lowest BCUT2D eigenvalue weighted by molar-refractivity contribution is 0.0789. The van der Waals surface area contributed by atoms with Gasteiger partial charge in [-0.3, -0.25) is 10.1 Å². The van der Waals surface area contributed by atoms with Gasteiger partial charge in [-0.05, 0) is 91.5 Å². The molecule has 0 radical (unpaired) electrons. The summed E-state index contributed by atoms with van der Waals surface area (Å²) in [6.07, 6.45) is 4.24. The van der Waals surface area contributed by atoms with Crippen LogP contribution in [0.3, 0.4) is 0 Å². The largest absolute Gasteiger partial charge is 0.386 e. The summed E-state index contributed by atoms with van der Waals surface area (Å²) < 4.78 is 1.03. The molecule has 0 saturated heterocycles. The predicted octanol–water partition coefficient (Wildman–Crippen LogP) is 4.61. The molecule has 4 rings (SSSR count). The number of thiophene rings is 1. The predicted molar refractivity (Wildman–Crippen MR) is 121 cm³/mol. The van der Waals surface area contributed by atoms with Gasteiger partial charge in [-0.1, -0.05) is 13.8 Å². The van der Waals surface area contributed by atoms with Crippen LogP contribution < -0.4 is 16.2 Å². The number of rotatable bonds is 3. The van der Waals surface area contributed by atoms with Crippen LogP contribution in [0.4, 0.5) is 10.5 Å². The number of primary amides is 1. The highest BCUT2D eigenvalue weighted by atomic mass is 32.2. The number of aromatic nitrogens is 1. The van der Waals surface area contributed by atoms with Crippen LogP contribution in [0.1, 0.15) is 80.5 Å². The Hall–Kier alpha value is -1.61. The Kier molecular flexibility index (Phi) is 6.57. The van der Waals surface area contributed by atoms with Gasteiger partial charge in [0.15, 0.2) is 0 Å². The SMILES string of the molecule is CC(C)(O)c1csc(SN)c1.CC1CCc2c1nc1c(c2NC(N)=O)CCC1C. The first-order valence-electron chi connectivity index (χ1n) is 9.91. The smallest absolute Gasteiger partial charge is 0.316 e. The van der Waals surface area contributed by atoms with Crippen molar-refractivity contribution in [1.29, 1.82) is 0 Å². The zero-order chi connectivity index (χ0) is 21.3. The second-order valence-electron chi connectivity index (χ2n) is 8.41. The standard InChI is InChI=1S/C14H19N3O.C7H11NOS2/c1-7-3-5-9-11(7)16-12-8(2)4-6-10(12)13(9)17-14(15)18;1-7(2,9)5-3-6(11-8)10-4-5/h7-8H,3-6H2,1-2H3,(H3,15,16,17,18);3-4,9H,8H2,1-2H3. The third kappa shape index (κ3) is 4.77. The maximum atomic E-state index is 11.2. The van der Waals surface area contributed by atoms with E-state index in [1.165, 1.54) is 34.5 Å². The van der Waals surface area contributed by atoms with Crippen LogP contribution in [0.5, 0.6) is 0 Å². The van der Waals surface area contributed by atoms with Crippen molar-refractivity contribution in [1.82, 2.24) is 4.98 Å². The Morgan fingerprint density at radius 1 is 1.24 bits per heavy atom. The topological polar surface area (TPSA) is 114 Å². The summed E-state index contributed by atoms with van der Waals surface area (Å²) in [5, 5.41) is 19.7. The Labute approximate surface area is 180 Å². The van der Waals surface area contributed by atoms with Crippen LogP contribution in [0.15, 0.2) is 15.7 Å². The molecule has 0 fully saturated rings. The Bertz CT molecular complexity index is 869. The van der Waals surface area contributed by atoms with E-state index in [-0.39, 0.29) is 0 Å². The molecular weight excluding hydrogens is 404 g/mol. The van der Waals surface area contributed by atoms with Gasteiger partial charge in [0.2, 0.25) is 0 Å². The van der Waals surface area contributed by atoms with Crippen molar-refractivity contribution in [2.24, 2.45) is 10.9 Å². The maximum Gasteiger partial charge on any atom is 0.316 e. The fraction of sp³-hybridized carbons (Fsp3) is 0.524. The summed E-state index contributed by atoms with van der Waals surface area (Å²) in [4.78, 5) is 16.1. The molecule has 158 valence electrons. The van der Waals surface area contributed by atoms with Gasteiger partial charge in [-0.15, -0.1) is 11.3 Å². The number of pyridine rings is 1. The number of hydrogen-bond donors (Lipinski definition) is 4. The van der Waals surface area contributed by atoms with E-state index < -0.39 is 11.6 Å². The number of anilines is 1. The third-order valence-electron chi connectivity index (χ3n) is 5.70. The number of nitrogens with two attached hydrogens (primary N) is 2. The fourth-order valence-electron chi connectivity index (χ4n) is 3.99. The number of carbonyl (C=O) groups is 1. The Balaban J connectivity index is 0.000000188. The molecule has 2 atom stereocenters. The zero-order valence-electron chi connectivity index (χ0n) is 17.4. The molecule has 0 spiro atoms. The summed E-state index contributed by atoms with van der Waals surface area (Å²) in [6.45, 7) is 7.94. The second kappa shape index (κ2) is 8.63. The highest BCUT2D eigenvalue weighted by Gasteiger charge is 2.32. The number of aliphatic hydroxyl groups is 1. The molecular formula is C21H30N4O2S2. The van der Waals surface area contributed by atoms with E-state index in [9.17, 15) is 9.90 Å². The van der Waals surface area contributed by atoms with Crippen molar-refractivity contribution >= 4 is 35.0 Å². The first kappa shape index (κ1) is 22.1. The Morgan fingerprint density at radius 2 is 1.79 bits per heavy atom. The molecule has 0 aromatic carbocycles. The van der Waals surface area contributed by atoms with Crippen LogP contribution in [0, 0.1) is 0 Å². The maximum absolute atomic E-state index is 11.2. The van der Waals surface area contributed by atoms with E-state index >= 15 is 0 Å². The summed E-state index contributed by atoms with van der Waals surface area (Å²) in [7, 11) is 0. The number of carbonyl (C=O) groups excluding carboxylic acids is 1. The van der Waals surface area contributed by atoms with Gasteiger partial charge in [-0.2, -0.15) is 0 Å². The summed E-state index contributed by atoms with van der Waals surface area (Å²) in [5.41, 5.74) is 11.2. The van der Waals surface area contributed by atoms with Crippen molar-refractivity contribution in [2.45, 2.75) is 75.0 Å². The summed E-state index contributed by atoms with van der Waals surface area (Å²) in [6, 6.07) is 1.44. The van der Waals surface area contributed by atoms with E-state index in [1.807, 2.05) is 11.4 Å². The monoisotopic (exact) mass is 434 g/mol.